The summed E-state index contributed by atoms with van der Waals surface area (Å²) in [5, 5.41) is 0. The molecule has 4 aromatic carbocycles. The van der Waals surface area contributed by atoms with E-state index >= 15 is 0 Å². The Morgan fingerprint density at radius 2 is 0.510 bits per heavy atom. The van der Waals surface area contributed by atoms with Crippen LogP contribution in [0.3, 0.4) is 0 Å². The van der Waals surface area contributed by atoms with Crippen molar-refractivity contribution in [3.63, 3.8) is 0 Å². The molecule has 0 atom stereocenters. The van der Waals surface area contributed by atoms with Gasteiger partial charge in [-0.2, -0.15) is 0 Å². The average Bonchev–Trinajstić information content (AvgIpc) is 0.769. The summed E-state index contributed by atoms with van der Waals surface area (Å²) < 4.78 is 59.9. The van der Waals surface area contributed by atoms with Gasteiger partial charge in [0.1, 0.15) is 23.0 Å². The van der Waals surface area contributed by atoms with Gasteiger partial charge in [-0.15, -0.1) is 0 Å². The number of carbonyl (C=O) groups excluding carboxylic acids is 10. The second-order valence-electron chi connectivity index (χ2n) is 25.9. The van der Waals surface area contributed by atoms with Gasteiger partial charge in [0.15, 0.2) is 23.1 Å². The number of Topliss-reactive ketones (excluding diaryl/α,β-unsaturated/α-hetero) is 4. The molecule has 20 heteroatoms. The molecule has 20 nitrogen and oxygen atoms in total. The summed E-state index contributed by atoms with van der Waals surface area (Å²) in [4.78, 5) is 135. The van der Waals surface area contributed by atoms with Crippen molar-refractivity contribution < 1.29 is 95.3 Å². The van der Waals surface area contributed by atoms with Crippen LogP contribution in [-0.4, -0.2) is 125 Å². The number of hydrogen-bond donors (Lipinski definition) is 0. The number of fused-ring (bicyclic) bond motifs is 8. The number of hydrogen-bond acceptors (Lipinski definition) is 20. The highest BCUT2D eigenvalue weighted by atomic mass is 16.6. The fourth-order valence-electron chi connectivity index (χ4n) is 11.6. The molecule has 0 aromatic heterocycles. The molecule has 0 spiro atoms. The molecule has 0 radical (unpaired) electrons. The maximum Gasteiger partial charge on any atom is 0.333 e. The lowest BCUT2D eigenvalue weighted by Crippen LogP contribution is -2.15. The third kappa shape index (κ3) is 29.4. The van der Waals surface area contributed by atoms with Gasteiger partial charge in [0.2, 0.25) is 0 Å². The van der Waals surface area contributed by atoms with Gasteiger partial charge in [0, 0.05) is 135 Å². The van der Waals surface area contributed by atoms with E-state index in [1.807, 2.05) is 0 Å². The van der Waals surface area contributed by atoms with Crippen LogP contribution in [0.4, 0.5) is 0 Å². The van der Waals surface area contributed by atoms with Crippen LogP contribution in [0.2, 0.25) is 0 Å². The van der Waals surface area contributed by atoms with Crippen LogP contribution < -0.4 is 18.9 Å². The summed E-state index contributed by atoms with van der Waals surface area (Å²) in [6.07, 6.45) is 14.7. The van der Waals surface area contributed by atoms with E-state index in [0.29, 0.717) is 115 Å². The summed E-state index contributed by atoms with van der Waals surface area (Å²) in [5.41, 5.74) is 6.09. The van der Waals surface area contributed by atoms with E-state index in [-0.39, 0.29) is 177 Å². The molecule has 104 heavy (non-hydrogen) atoms. The SMILES string of the molecule is C=C(C)C(=O)OCCCOc1c2cc(C(=O)CCCCC)cc1Cc1cc(C(=O)CCCCC)cc(c1OCCCOC(=O)/C=C\C(=O)OCC)Cc1cc(C(=O)CCCCC)cc(c1OCCCOC(=O)C(=C)C)Cc1cc(C(=O)CCCCC)cc(c1OCCCOC(=O)/C=C\C(=O)OCC)C2. The Labute approximate surface area is 613 Å². The molecule has 0 saturated heterocycles. The summed E-state index contributed by atoms with van der Waals surface area (Å²) in [6, 6.07) is 14.4. The van der Waals surface area contributed by atoms with Crippen molar-refractivity contribution in [2.45, 2.75) is 209 Å². The minimum Gasteiger partial charge on any atom is -0.493 e. The zero-order chi connectivity index (χ0) is 75.8. The van der Waals surface area contributed by atoms with Gasteiger partial charge < -0.3 is 47.4 Å². The maximum absolute atomic E-state index is 14.9. The van der Waals surface area contributed by atoms with Crippen molar-refractivity contribution in [2.24, 2.45) is 0 Å². The number of carbonyl (C=O) groups is 10. The second kappa shape index (κ2) is 47.0. The Hall–Kier alpha value is -9.46. The number of rotatable bonds is 48. The molecule has 4 aromatic rings. The van der Waals surface area contributed by atoms with Gasteiger partial charge in [-0.3, -0.25) is 19.2 Å². The first-order valence-electron chi connectivity index (χ1n) is 37.1. The predicted octanol–water partition coefficient (Wildman–Crippen LogP) is 16.1. The molecule has 0 fully saturated rings. The molecule has 0 saturated carbocycles. The first kappa shape index (κ1) is 85.2. The van der Waals surface area contributed by atoms with Crippen molar-refractivity contribution in [3.8, 4) is 23.0 Å². The Bertz CT molecular complexity index is 3340. The third-order valence-corrected chi connectivity index (χ3v) is 16.9. The number of esters is 6. The van der Waals surface area contributed by atoms with E-state index in [1.165, 1.54) is 0 Å². The molecular formula is C84H108O20. The normalized spacial score (nSPS) is 11.7. The Kier molecular flexibility index (Phi) is 38.5. The molecule has 0 amide bonds. The Balaban J connectivity index is 1.97. The zero-order valence-electron chi connectivity index (χ0n) is 62.5. The van der Waals surface area contributed by atoms with Crippen LogP contribution in [-0.2, 0) is 82.9 Å². The van der Waals surface area contributed by atoms with Gasteiger partial charge in [0.25, 0.3) is 0 Å². The van der Waals surface area contributed by atoms with E-state index in [2.05, 4.69) is 40.9 Å². The van der Waals surface area contributed by atoms with Crippen molar-refractivity contribution in [1.29, 1.82) is 0 Å². The van der Waals surface area contributed by atoms with Gasteiger partial charge >= 0.3 is 35.8 Å². The molecule has 1 aliphatic carbocycles. The van der Waals surface area contributed by atoms with Gasteiger partial charge in [-0.05, 0) is 146 Å². The van der Waals surface area contributed by atoms with E-state index in [4.69, 9.17) is 47.4 Å². The van der Waals surface area contributed by atoms with Gasteiger partial charge in [0.05, 0.1) is 66.1 Å². The first-order valence-corrected chi connectivity index (χ1v) is 37.1. The van der Waals surface area contributed by atoms with Crippen LogP contribution in [0.1, 0.15) is 270 Å². The van der Waals surface area contributed by atoms with E-state index in [1.54, 1.807) is 76.2 Å². The van der Waals surface area contributed by atoms with Crippen LogP contribution in [0, 0.1) is 0 Å². The van der Waals surface area contributed by atoms with Crippen molar-refractivity contribution in [2.75, 3.05) is 66.1 Å². The van der Waals surface area contributed by atoms with Crippen molar-refractivity contribution in [3.05, 3.63) is 164 Å². The molecule has 0 heterocycles. The molecule has 0 N–H and O–H groups in total. The maximum atomic E-state index is 14.9. The van der Waals surface area contributed by atoms with Crippen molar-refractivity contribution in [1.82, 2.24) is 0 Å². The predicted molar refractivity (Wildman–Crippen MR) is 396 cm³/mol. The number of benzene rings is 4. The Morgan fingerprint density at radius 1 is 0.298 bits per heavy atom. The molecule has 0 aliphatic heterocycles. The lowest BCUT2D eigenvalue weighted by Gasteiger charge is -2.25. The van der Waals surface area contributed by atoms with Crippen LogP contribution >= 0.6 is 0 Å². The standard InChI is InChI=1S/C84H108O20/c1-11-17-21-29-71(85)59-45-63-53-67-49-61(73(87)31-23-19-13-3)51-69(81(67)101-41-27-43-103-83(93)57(7)8)55-65-47-60(72(86)30-22-18-12-2)48-66(80(65)100-40-26-38-98-78(92)36-34-76(90)96-16-6)56-70-52-62(74(88)32-24-20-14-4)50-68(82(70)102-42-28-44-104-84(94)58(9)10)54-64(46-59)79(63)99-39-25-37-97-77(91)35-33-75(89)95-15-5/h33-36,45-52H,7,9,11-32,37-44,53-56H2,1-6,8,10H3/b35-33-,36-34-. The van der Waals surface area contributed by atoms with Crippen LogP contribution in [0.25, 0.3) is 0 Å². The van der Waals surface area contributed by atoms with Gasteiger partial charge in [-0.25, -0.2) is 28.8 Å². The van der Waals surface area contributed by atoms with E-state index in [0.717, 1.165) is 75.7 Å². The highest BCUT2D eigenvalue weighted by Gasteiger charge is 2.28. The fourth-order valence-corrected chi connectivity index (χ4v) is 11.6. The molecule has 8 bridgehead atoms. The number of ketones is 4. The largest absolute Gasteiger partial charge is 0.493 e. The quantitative estimate of drug-likeness (QED) is 0.0115. The van der Waals surface area contributed by atoms with Crippen molar-refractivity contribution >= 4 is 58.9 Å². The molecule has 564 valence electrons. The highest BCUT2D eigenvalue weighted by Crippen LogP contribution is 2.42. The highest BCUT2D eigenvalue weighted by molar-refractivity contribution is 6.00. The molecule has 5 rings (SSSR count). The fraction of sp³-hybridized carbons (Fsp3) is 0.500. The van der Waals surface area contributed by atoms with Crippen LogP contribution in [0.5, 0.6) is 23.0 Å². The summed E-state index contributed by atoms with van der Waals surface area (Å²) in [7, 11) is 0. The molecule has 1 aliphatic rings. The van der Waals surface area contributed by atoms with Gasteiger partial charge in [-0.1, -0.05) is 92.2 Å². The summed E-state index contributed by atoms with van der Waals surface area (Å²) >= 11 is 0. The lowest BCUT2D eigenvalue weighted by molar-refractivity contribution is -0.140. The zero-order valence-corrected chi connectivity index (χ0v) is 62.5. The van der Waals surface area contributed by atoms with E-state index in [9.17, 15) is 47.9 Å². The molecule has 0 unspecified atom stereocenters. The lowest BCUT2D eigenvalue weighted by atomic mass is 9.86. The summed E-state index contributed by atoms with van der Waals surface area (Å²) in [6.45, 7) is 22.0. The topological polar surface area (TPSA) is 263 Å². The second-order valence-corrected chi connectivity index (χ2v) is 25.9. The smallest absolute Gasteiger partial charge is 0.333 e. The number of unbranched alkanes of at least 4 members (excludes halogenated alkanes) is 8. The summed E-state index contributed by atoms with van der Waals surface area (Å²) in [5.74, 6) is -3.23. The van der Waals surface area contributed by atoms with E-state index < -0.39 is 35.8 Å². The molecular weight excluding hydrogens is 1330 g/mol. The van der Waals surface area contributed by atoms with Crippen LogP contribution in [0.15, 0.2) is 97.1 Å². The monoisotopic (exact) mass is 1440 g/mol. The number of ether oxygens (including phenoxy) is 10. The Morgan fingerprint density at radius 3 is 0.712 bits per heavy atom. The minimum absolute atomic E-state index is 0.0109. The third-order valence-electron chi connectivity index (χ3n) is 16.9. The minimum atomic E-state index is -0.776. The average molecular weight is 1440 g/mol. The first-order chi connectivity index (χ1) is 50.1.